The minimum atomic E-state index is -3.92. The summed E-state index contributed by atoms with van der Waals surface area (Å²) in [7, 11) is -3.92. The Labute approximate surface area is 176 Å². The summed E-state index contributed by atoms with van der Waals surface area (Å²) in [5.41, 5.74) is 0. The molecule has 6 nitrogen and oxygen atoms in total. The van der Waals surface area contributed by atoms with Crippen molar-refractivity contribution in [3.63, 3.8) is 0 Å². The molecule has 1 aliphatic rings. The normalized spacial score (nSPS) is 17.2. The second kappa shape index (κ2) is 10.5. The molecule has 1 unspecified atom stereocenters. The second-order valence-electron chi connectivity index (χ2n) is 6.45. The van der Waals surface area contributed by atoms with Gasteiger partial charge in [-0.05, 0) is 0 Å². The molecule has 152 valence electrons. The Morgan fingerprint density at radius 3 is 2.21 bits per heavy atom. The Bertz CT molecular complexity index is 830. The predicted molar refractivity (Wildman–Crippen MR) is 109 cm³/mol. The first-order valence-corrected chi connectivity index (χ1v) is 13.2. The van der Waals surface area contributed by atoms with E-state index in [0.717, 1.165) is 31.6 Å². The molecule has 1 aliphatic heterocycles. The molecule has 0 radical (unpaired) electrons. The van der Waals surface area contributed by atoms with Crippen LogP contribution >= 0.6 is 0 Å². The molecule has 2 aromatic rings. The summed E-state index contributed by atoms with van der Waals surface area (Å²) in [6.07, 6.45) is 3.34. The molecule has 1 atom stereocenters. The average Bonchev–Trinajstić information content (AvgIpc) is 2.68. The van der Waals surface area contributed by atoms with Gasteiger partial charge in [0.15, 0.2) is 0 Å². The third kappa shape index (κ3) is 7.61. The van der Waals surface area contributed by atoms with Gasteiger partial charge in [0.25, 0.3) is 0 Å². The van der Waals surface area contributed by atoms with Crippen molar-refractivity contribution in [2.24, 2.45) is 0 Å². The molecule has 0 aromatic heterocycles. The monoisotopic (exact) mass is 522 g/mol. The Morgan fingerprint density at radius 1 is 1.00 bits per heavy atom. The van der Waals surface area contributed by atoms with E-state index in [9.17, 15) is 8.42 Å². The molecule has 28 heavy (non-hydrogen) atoms. The molecule has 1 saturated heterocycles. The van der Waals surface area contributed by atoms with Crippen LogP contribution in [0.2, 0.25) is 0 Å². The first kappa shape index (κ1) is 21.4. The van der Waals surface area contributed by atoms with Crippen molar-refractivity contribution in [3.8, 4) is 11.5 Å². The summed E-state index contributed by atoms with van der Waals surface area (Å²) < 4.78 is 49.6. The molecule has 0 amide bonds. The van der Waals surface area contributed by atoms with Crippen LogP contribution < -0.4 is 16.7 Å². The van der Waals surface area contributed by atoms with E-state index in [4.69, 9.17) is 18.8 Å². The van der Waals surface area contributed by atoms with Gasteiger partial charge in [0.1, 0.15) is 0 Å². The van der Waals surface area contributed by atoms with Gasteiger partial charge < -0.3 is 0 Å². The quantitative estimate of drug-likeness (QED) is 0.309. The Balaban J connectivity index is 1.45. The van der Waals surface area contributed by atoms with Gasteiger partial charge >= 0.3 is 176 Å². The van der Waals surface area contributed by atoms with Crippen LogP contribution in [0, 0.1) is 0 Å². The van der Waals surface area contributed by atoms with Crippen LogP contribution in [-0.4, -0.2) is 59.2 Å². The van der Waals surface area contributed by atoms with Crippen molar-refractivity contribution in [2.75, 3.05) is 19.0 Å². The number of hydrogen-bond donors (Lipinski definition) is 1. The second-order valence-corrected chi connectivity index (χ2v) is 11.3. The van der Waals surface area contributed by atoms with Crippen molar-refractivity contribution in [1.29, 1.82) is 0 Å². The van der Waals surface area contributed by atoms with Gasteiger partial charge in [-0.25, -0.2) is 0 Å². The Kier molecular flexibility index (Phi) is 8.00. The third-order valence-electron chi connectivity index (χ3n) is 4.10. The molecular weight excluding hydrogens is 496 g/mol. The summed E-state index contributed by atoms with van der Waals surface area (Å²) in [6, 6.07) is 16.1. The fraction of sp³-hybridized carbons (Fsp3) is 0.400. The average molecular weight is 520 g/mol. The molecule has 3 rings (SSSR count). The molecule has 0 aliphatic carbocycles. The zero-order valence-corrected chi connectivity index (χ0v) is 18.6. The zero-order valence-electron chi connectivity index (χ0n) is 15.5. The first-order chi connectivity index (χ1) is 13.5. The van der Waals surface area contributed by atoms with E-state index < -0.39 is 31.0 Å². The molecule has 1 N–H and O–H groups in total. The van der Waals surface area contributed by atoms with Gasteiger partial charge in [-0.15, -0.1) is 0 Å². The van der Waals surface area contributed by atoms with Gasteiger partial charge in [0.2, 0.25) is 0 Å². The topological polar surface area (TPSA) is 82.1 Å². The van der Waals surface area contributed by atoms with Crippen LogP contribution in [0.25, 0.3) is 0 Å². The number of rotatable bonds is 9. The van der Waals surface area contributed by atoms with Crippen LogP contribution in [0.4, 0.5) is 0 Å². The Morgan fingerprint density at radius 2 is 1.64 bits per heavy atom. The molecule has 1 heterocycles. The van der Waals surface area contributed by atoms with E-state index in [2.05, 4.69) is 12.1 Å². The van der Waals surface area contributed by atoms with Gasteiger partial charge in [0.05, 0.1) is 0 Å². The summed E-state index contributed by atoms with van der Waals surface area (Å²) in [6.45, 7) is 1.03. The van der Waals surface area contributed by atoms with E-state index in [-0.39, 0.29) is 25.1 Å². The van der Waals surface area contributed by atoms with Crippen molar-refractivity contribution >= 4 is 38.3 Å². The van der Waals surface area contributed by atoms with Crippen molar-refractivity contribution in [1.82, 2.24) is 0 Å². The van der Waals surface area contributed by atoms with Crippen molar-refractivity contribution < 1.29 is 27.2 Å². The Hall–Kier alpha value is -1.30. The van der Waals surface area contributed by atoms with Gasteiger partial charge in [0, 0.05) is 0 Å². The number of hydrogen-bond acceptors (Lipinski definition) is 5. The molecule has 1 fully saturated rings. The fourth-order valence-corrected chi connectivity index (χ4v) is 5.53. The van der Waals surface area contributed by atoms with Crippen molar-refractivity contribution in [3.05, 3.63) is 48.5 Å². The van der Waals surface area contributed by atoms with E-state index in [1.54, 1.807) is 0 Å². The van der Waals surface area contributed by atoms with E-state index in [1.165, 1.54) is 7.22 Å². The van der Waals surface area contributed by atoms with E-state index in [0.29, 0.717) is 5.75 Å². The van der Waals surface area contributed by atoms with Gasteiger partial charge in [-0.1, -0.05) is 0 Å². The standard InChI is InChI=1S/C20H24O6STe/c21-27(22,23)15-3-14-24-16-5-9-18(10-6-16)28-19-11-7-17(8-12-19)26-20-4-1-2-13-25-20/h5-12,20H,1-4,13-15H2,(H,21,22,23). The van der Waals surface area contributed by atoms with Crippen LogP contribution in [0.15, 0.2) is 48.5 Å². The van der Waals surface area contributed by atoms with Gasteiger partial charge in [-0.3, -0.25) is 0 Å². The minimum absolute atomic E-state index is 0.124. The summed E-state index contributed by atoms with van der Waals surface area (Å²) in [5.74, 6) is 1.25. The number of ether oxygens (including phenoxy) is 3. The van der Waals surface area contributed by atoms with Crippen molar-refractivity contribution in [2.45, 2.75) is 32.0 Å². The summed E-state index contributed by atoms with van der Waals surface area (Å²) in [4.78, 5) is 0. The maximum absolute atomic E-state index is 10.7. The van der Waals surface area contributed by atoms with E-state index >= 15 is 0 Å². The molecule has 0 spiro atoms. The molecule has 0 bridgehead atoms. The van der Waals surface area contributed by atoms with Crippen LogP contribution in [0.1, 0.15) is 25.7 Å². The first-order valence-electron chi connectivity index (χ1n) is 9.22. The SMILES string of the molecule is O=S(=O)(O)CCCOc1ccc([Te]c2ccc(OC3CCCCO3)cc2)cc1. The maximum atomic E-state index is 10.7. The fourth-order valence-electron chi connectivity index (χ4n) is 2.71. The summed E-state index contributed by atoms with van der Waals surface area (Å²) in [5, 5.41) is 0. The van der Waals surface area contributed by atoms with Crippen LogP contribution in [-0.2, 0) is 14.9 Å². The molecular formula is C20H24O6STe. The van der Waals surface area contributed by atoms with Crippen LogP contribution in [0.3, 0.4) is 0 Å². The van der Waals surface area contributed by atoms with Crippen LogP contribution in [0.5, 0.6) is 11.5 Å². The molecule has 0 saturated carbocycles. The molecule has 2 aromatic carbocycles. The third-order valence-corrected chi connectivity index (χ3v) is 7.81. The zero-order chi connectivity index (χ0) is 19.8. The van der Waals surface area contributed by atoms with E-state index in [1.807, 2.05) is 36.4 Å². The predicted octanol–water partition coefficient (Wildman–Crippen LogP) is 1.90. The van der Waals surface area contributed by atoms with Gasteiger partial charge in [-0.2, -0.15) is 0 Å². The summed E-state index contributed by atoms with van der Waals surface area (Å²) >= 11 is -0.505. The molecule has 8 heteroatoms. The number of benzene rings is 2.